The summed E-state index contributed by atoms with van der Waals surface area (Å²) < 4.78 is 6.96. The van der Waals surface area contributed by atoms with E-state index >= 15 is 0 Å². The predicted octanol–water partition coefficient (Wildman–Crippen LogP) is 3.53. The Hall–Kier alpha value is -4.27. The molecule has 2 amide bonds. The minimum atomic E-state index is -1.12. The van der Waals surface area contributed by atoms with Crippen LogP contribution < -0.4 is 20.9 Å². The van der Waals surface area contributed by atoms with Gasteiger partial charge in [-0.3, -0.25) is 9.59 Å². The molecule has 4 N–H and O–H groups in total. The van der Waals surface area contributed by atoms with Crippen LogP contribution in [0.3, 0.4) is 0 Å². The Kier molecular flexibility index (Phi) is 6.79. The van der Waals surface area contributed by atoms with Crippen molar-refractivity contribution in [3.8, 4) is 17.2 Å². The molecule has 166 valence electrons. The molecule has 0 radical (unpaired) electrons. The largest absolute Gasteiger partial charge is 0.505 e. The molecule has 1 atom stereocenters. The molecule has 1 aromatic heterocycles. The monoisotopic (exact) mass is 437 g/mol. The lowest BCUT2D eigenvalue weighted by Crippen LogP contribution is -2.35. The van der Waals surface area contributed by atoms with Crippen molar-refractivity contribution in [1.82, 2.24) is 9.88 Å². The second-order valence-electron chi connectivity index (χ2n) is 7.23. The first-order chi connectivity index (χ1) is 15.2. The summed E-state index contributed by atoms with van der Waals surface area (Å²) in [6.45, 7) is 1.97. The Morgan fingerprint density at radius 2 is 1.62 bits per heavy atom. The van der Waals surface area contributed by atoms with E-state index in [1.165, 1.54) is 23.9 Å². The fourth-order valence-corrected chi connectivity index (χ4v) is 2.98. The van der Waals surface area contributed by atoms with E-state index in [0.29, 0.717) is 17.1 Å². The van der Waals surface area contributed by atoms with Crippen LogP contribution in [0.4, 0.5) is 10.5 Å². The van der Waals surface area contributed by atoms with Crippen molar-refractivity contribution in [3.63, 3.8) is 0 Å². The molecule has 0 fully saturated rings. The fourth-order valence-electron chi connectivity index (χ4n) is 2.98. The number of nitrogens with one attached hydrogen (secondary N) is 2. The molecule has 0 saturated carbocycles. The molecule has 1 heterocycles. The maximum absolute atomic E-state index is 12.4. The molecule has 0 saturated heterocycles. The van der Waals surface area contributed by atoms with Crippen LogP contribution in [0, 0.1) is 6.92 Å². The maximum Gasteiger partial charge on any atom is 0.319 e. The van der Waals surface area contributed by atoms with Gasteiger partial charge in [0.1, 0.15) is 17.2 Å². The normalized spacial score (nSPS) is 11.4. The lowest BCUT2D eigenvalue weighted by molar-refractivity contribution is -0.137. The Labute approximate surface area is 183 Å². The molecule has 32 heavy (non-hydrogen) atoms. The highest BCUT2D eigenvalue weighted by Gasteiger charge is 2.20. The Bertz CT molecular complexity index is 1170. The predicted molar refractivity (Wildman–Crippen MR) is 118 cm³/mol. The minimum absolute atomic E-state index is 0.302. The number of aromatic hydroxyl groups is 1. The summed E-state index contributed by atoms with van der Waals surface area (Å²) in [6.07, 6.45) is 0.971. The number of amides is 2. The number of aliphatic carboxylic acids is 1. The fraction of sp³-hybridized carbons (Fsp3) is 0.174. The van der Waals surface area contributed by atoms with Gasteiger partial charge in [0.05, 0.1) is 12.5 Å². The number of rotatable bonds is 7. The molecule has 0 spiro atoms. The molecule has 2 aromatic carbocycles. The van der Waals surface area contributed by atoms with Crippen LogP contribution in [-0.2, 0) is 11.8 Å². The summed E-state index contributed by atoms with van der Waals surface area (Å²) in [5, 5.41) is 23.9. The summed E-state index contributed by atoms with van der Waals surface area (Å²) >= 11 is 0. The van der Waals surface area contributed by atoms with Crippen molar-refractivity contribution in [1.29, 1.82) is 0 Å². The number of urea groups is 1. The maximum atomic E-state index is 12.4. The van der Waals surface area contributed by atoms with Gasteiger partial charge in [-0.25, -0.2) is 4.79 Å². The molecule has 9 heteroatoms. The molecule has 0 aliphatic rings. The van der Waals surface area contributed by atoms with Crippen LogP contribution in [-0.4, -0.2) is 26.8 Å². The molecule has 3 rings (SSSR count). The zero-order valence-corrected chi connectivity index (χ0v) is 17.5. The van der Waals surface area contributed by atoms with Gasteiger partial charge in [-0.15, -0.1) is 0 Å². The van der Waals surface area contributed by atoms with Gasteiger partial charge in [-0.1, -0.05) is 29.8 Å². The van der Waals surface area contributed by atoms with E-state index in [4.69, 9.17) is 4.74 Å². The topological polar surface area (TPSA) is 130 Å². The summed E-state index contributed by atoms with van der Waals surface area (Å²) in [7, 11) is 1.47. The third-order valence-electron chi connectivity index (χ3n) is 4.71. The first kappa shape index (κ1) is 22.4. The first-order valence-electron chi connectivity index (χ1n) is 9.75. The number of carboxylic acids is 1. The number of pyridine rings is 1. The van der Waals surface area contributed by atoms with Crippen LogP contribution in [0.1, 0.15) is 23.6 Å². The van der Waals surface area contributed by atoms with E-state index in [2.05, 4.69) is 10.6 Å². The average Bonchev–Trinajstić information content (AvgIpc) is 2.75. The number of hydrogen-bond donors (Lipinski definition) is 4. The van der Waals surface area contributed by atoms with Crippen molar-refractivity contribution in [2.45, 2.75) is 19.4 Å². The van der Waals surface area contributed by atoms with Gasteiger partial charge in [-0.05, 0) is 42.8 Å². The van der Waals surface area contributed by atoms with Gasteiger partial charge in [0.25, 0.3) is 5.56 Å². The zero-order chi connectivity index (χ0) is 23.3. The molecule has 1 unspecified atom stereocenters. The number of aromatic nitrogens is 1. The molecular formula is C23H23N3O6. The molecular weight excluding hydrogens is 414 g/mol. The van der Waals surface area contributed by atoms with Crippen molar-refractivity contribution in [3.05, 3.63) is 82.3 Å². The third kappa shape index (κ3) is 5.66. The Morgan fingerprint density at radius 1 is 1.03 bits per heavy atom. The summed E-state index contributed by atoms with van der Waals surface area (Å²) in [5.41, 5.74) is 0.732. The summed E-state index contributed by atoms with van der Waals surface area (Å²) in [4.78, 5) is 35.9. The van der Waals surface area contributed by atoms with E-state index in [-0.39, 0.29) is 12.1 Å². The van der Waals surface area contributed by atoms with Crippen LogP contribution in [0.25, 0.3) is 0 Å². The number of anilines is 1. The van der Waals surface area contributed by atoms with Crippen molar-refractivity contribution < 1.29 is 24.5 Å². The Morgan fingerprint density at radius 3 is 2.22 bits per heavy atom. The van der Waals surface area contributed by atoms with Crippen LogP contribution in [0.5, 0.6) is 17.2 Å². The van der Waals surface area contributed by atoms with E-state index in [9.17, 15) is 24.6 Å². The van der Waals surface area contributed by atoms with Crippen LogP contribution in [0.2, 0.25) is 0 Å². The minimum Gasteiger partial charge on any atom is -0.505 e. The second-order valence-corrected chi connectivity index (χ2v) is 7.23. The lowest BCUT2D eigenvalue weighted by Gasteiger charge is -2.18. The number of benzene rings is 2. The zero-order valence-electron chi connectivity index (χ0n) is 17.5. The standard InChI is InChI=1S/C23H23N3O6/c1-14-3-7-16(8-4-14)32-17-9-5-15(6-10-17)18(13-20(28)29)24-23(31)25-21-19(27)11-12-26(2)22(21)30/h3-12,18,27H,13H2,1-2H3,(H,28,29)(H2,24,25,31). The van der Waals surface area contributed by atoms with Crippen molar-refractivity contribution >= 4 is 17.7 Å². The van der Waals surface area contributed by atoms with E-state index in [1.807, 2.05) is 31.2 Å². The van der Waals surface area contributed by atoms with E-state index in [1.54, 1.807) is 24.3 Å². The number of carbonyl (C=O) groups excluding carboxylic acids is 1. The quantitative estimate of drug-likeness (QED) is 0.447. The van der Waals surface area contributed by atoms with Gasteiger partial charge >= 0.3 is 12.0 Å². The van der Waals surface area contributed by atoms with Gasteiger partial charge < -0.3 is 30.2 Å². The molecule has 3 aromatic rings. The van der Waals surface area contributed by atoms with Crippen molar-refractivity contribution in [2.75, 3.05) is 5.32 Å². The number of nitrogens with zero attached hydrogens (tertiary/aromatic N) is 1. The summed E-state index contributed by atoms with van der Waals surface area (Å²) in [5.74, 6) is -0.301. The lowest BCUT2D eigenvalue weighted by atomic mass is 10.0. The second kappa shape index (κ2) is 9.69. The van der Waals surface area contributed by atoms with Gasteiger partial charge in [-0.2, -0.15) is 0 Å². The first-order valence-corrected chi connectivity index (χ1v) is 9.75. The number of ether oxygens (including phenoxy) is 1. The van der Waals surface area contributed by atoms with Gasteiger partial charge in [0, 0.05) is 13.2 Å². The van der Waals surface area contributed by atoms with Crippen molar-refractivity contribution in [2.24, 2.45) is 7.05 Å². The van der Waals surface area contributed by atoms with E-state index in [0.717, 1.165) is 5.56 Å². The van der Waals surface area contributed by atoms with Gasteiger partial charge in [0.15, 0.2) is 5.69 Å². The molecule has 9 nitrogen and oxygen atoms in total. The van der Waals surface area contributed by atoms with Crippen LogP contribution in [0.15, 0.2) is 65.6 Å². The van der Waals surface area contributed by atoms with Crippen LogP contribution >= 0.6 is 0 Å². The number of carbonyl (C=O) groups is 2. The number of aryl methyl sites for hydroxylation is 2. The number of carboxylic acid groups (broad SMARTS) is 1. The molecule has 0 bridgehead atoms. The van der Waals surface area contributed by atoms with E-state index < -0.39 is 29.4 Å². The summed E-state index contributed by atoms with van der Waals surface area (Å²) in [6, 6.07) is 13.7. The third-order valence-corrected chi connectivity index (χ3v) is 4.71. The highest BCUT2D eigenvalue weighted by molar-refractivity contribution is 5.91. The smallest absolute Gasteiger partial charge is 0.319 e. The number of hydrogen-bond acceptors (Lipinski definition) is 5. The highest BCUT2D eigenvalue weighted by Crippen LogP contribution is 2.25. The highest BCUT2D eigenvalue weighted by atomic mass is 16.5. The average molecular weight is 437 g/mol. The molecule has 0 aliphatic carbocycles. The SMILES string of the molecule is Cc1ccc(Oc2ccc(C(CC(=O)O)NC(=O)Nc3c(O)ccn(C)c3=O)cc2)cc1. The van der Waals surface area contributed by atoms with Gasteiger partial charge in [0.2, 0.25) is 0 Å². The molecule has 0 aliphatic heterocycles. The Balaban J connectivity index is 1.74.